The summed E-state index contributed by atoms with van der Waals surface area (Å²) in [4.78, 5) is 4.35. The smallest absolute Gasteiger partial charge is 0.146 e. The third kappa shape index (κ3) is 2.30. The number of aromatic nitrogens is 3. The van der Waals surface area contributed by atoms with Crippen molar-refractivity contribution in [2.75, 3.05) is 5.73 Å². The molecule has 0 saturated carbocycles. The molecule has 3 aromatic rings. The van der Waals surface area contributed by atoms with Gasteiger partial charge in [-0.3, -0.25) is 9.67 Å². The summed E-state index contributed by atoms with van der Waals surface area (Å²) in [7, 11) is 0. The highest BCUT2D eigenvalue weighted by Crippen LogP contribution is 2.28. The van der Waals surface area contributed by atoms with Gasteiger partial charge in [0.1, 0.15) is 17.9 Å². The quantitative estimate of drug-likeness (QED) is 0.739. The molecule has 2 heterocycles. The van der Waals surface area contributed by atoms with E-state index in [2.05, 4.69) is 17.0 Å². The van der Waals surface area contributed by atoms with Gasteiger partial charge in [-0.05, 0) is 31.2 Å². The van der Waals surface area contributed by atoms with Crippen molar-refractivity contribution in [1.82, 2.24) is 14.8 Å². The van der Waals surface area contributed by atoms with Crippen molar-refractivity contribution < 1.29 is 4.74 Å². The van der Waals surface area contributed by atoms with Crippen LogP contribution in [0.1, 0.15) is 12.5 Å². The first-order valence-electron chi connectivity index (χ1n) is 6.55. The Kier molecular flexibility index (Phi) is 3.25. The number of aryl methyl sites for hydroxylation is 1. The van der Waals surface area contributed by atoms with Gasteiger partial charge in [-0.15, -0.1) is 0 Å². The number of fused-ring (bicyclic) bond motifs is 1. The average molecular weight is 268 g/mol. The molecule has 0 aliphatic carbocycles. The fraction of sp³-hybridized carbons (Fsp3) is 0.200. The summed E-state index contributed by atoms with van der Waals surface area (Å²) >= 11 is 0. The molecule has 0 atom stereocenters. The lowest BCUT2D eigenvalue weighted by atomic mass is 10.1. The van der Waals surface area contributed by atoms with Crippen LogP contribution in [0.25, 0.3) is 10.9 Å². The van der Waals surface area contributed by atoms with Crippen molar-refractivity contribution in [1.29, 1.82) is 0 Å². The zero-order valence-corrected chi connectivity index (χ0v) is 11.3. The summed E-state index contributed by atoms with van der Waals surface area (Å²) in [6.07, 6.45) is 5.53. The molecule has 1 aromatic carbocycles. The molecule has 0 aliphatic heterocycles. The average Bonchev–Trinajstić information content (AvgIpc) is 2.95. The van der Waals surface area contributed by atoms with Crippen molar-refractivity contribution in [3.8, 4) is 5.75 Å². The van der Waals surface area contributed by atoms with E-state index >= 15 is 0 Å². The lowest BCUT2D eigenvalue weighted by Crippen LogP contribution is -1.97. The fourth-order valence-electron chi connectivity index (χ4n) is 2.10. The normalized spacial score (nSPS) is 10.8. The molecule has 20 heavy (non-hydrogen) atoms. The molecule has 2 N–H and O–H groups in total. The second-order valence-electron chi connectivity index (χ2n) is 4.55. The van der Waals surface area contributed by atoms with Crippen LogP contribution in [0.15, 0.2) is 42.9 Å². The zero-order valence-electron chi connectivity index (χ0n) is 11.3. The van der Waals surface area contributed by atoms with Gasteiger partial charge in [0.05, 0.1) is 6.20 Å². The Morgan fingerprint density at radius 1 is 1.30 bits per heavy atom. The molecule has 0 radical (unpaired) electrons. The highest BCUT2D eigenvalue weighted by molar-refractivity contribution is 5.94. The van der Waals surface area contributed by atoms with Crippen LogP contribution in [0, 0.1) is 0 Å². The summed E-state index contributed by atoms with van der Waals surface area (Å²) in [5.74, 6) is 0.735. The Balaban J connectivity index is 1.86. The number of nitrogens with zero attached hydrogens (tertiary/aromatic N) is 3. The molecule has 0 saturated heterocycles. The molecule has 3 rings (SSSR count). The van der Waals surface area contributed by atoms with Crippen LogP contribution in [-0.2, 0) is 13.2 Å². The standard InChI is InChI=1S/C15H16N4O/c1-2-19-9-11(8-18-19)10-20-14-6-5-13(16)12-4-3-7-17-15(12)14/h3-9H,2,10,16H2,1H3. The lowest BCUT2D eigenvalue weighted by molar-refractivity contribution is 0.309. The maximum absolute atomic E-state index is 5.94. The summed E-state index contributed by atoms with van der Waals surface area (Å²) < 4.78 is 7.72. The number of rotatable bonds is 4. The molecule has 5 nitrogen and oxygen atoms in total. The number of pyridine rings is 1. The van der Waals surface area contributed by atoms with Crippen LogP contribution >= 0.6 is 0 Å². The van der Waals surface area contributed by atoms with E-state index < -0.39 is 0 Å². The van der Waals surface area contributed by atoms with Crippen LogP contribution < -0.4 is 10.5 Å². The third-order valence-corrected chi connectivity index (χ3v) is 3.17. The van der Waals surface area contributed by atoms with Gasteiger partial charge in [0.15, 0.2) is 0 Å². The van der Waals surface area contributed by atoms with Crippen molar-refractivity contribution in [3.05, 3.63) is 48.4 Å². The minimum Gasteiger partial charge on any atom is -0.486 e. The van der Waals surface area contributed by atoms with Crippen molar-refractivity contribution in [3.63, 3.8) is 0 Å². The molecule has 102 valence electrons. The van der Waals surface area contributed by atoms with Crippen LogP contribution in [0.3, 0.4) is 0 Å². The Morgan fingerprint density at radius 3 is 3.00 bits per heavy atom. The largest absolute Gasteiger partial charge is 0.486 e. The van der Waals surface area contributed by atoms with Crippen molar-refractivity contribution >= 4 is 16.6 Å². The Bertz CT molecular complexity index is 736. The summed E-state index contributed by atoms with van der Waals surface area (Å²) in [5.41, 5.74) is 8.47. The number of nitrogens with two attached hydrogens (primary N) is 1. The van der Waals surface area contributed by atoms with Gasteiger partial charge in [-0.1, -0.05) is 0 Å². The van der Waals surface area contributed by atoms with Gasteiger partial charge in [0.2, 0.25) is 0 Å². The monoisotopic (exact) mass is 268 g/mol. The minimum absolute atomic E-state index is 0.468. The zero-order chi connectivity index (χ0) is 13.9. The van der Waals surface area contributed by atoms with Crippen molar-refractivity contribution in [2.24, 2.45) is 0 Å². The molecule has 0 aliphatic rings. The van der Waals surface area contributed by atoms with E-state index in [-0.39, 0.29) is 0 Å². The summed E-state index contributed by atoms with van der Waals surface area (Å²) in [6.45, 7) is 3.37. The molecule has 0 spiro atoms. The third-order valence-electron chi connectivity index (χ3n) is 3.17. The molecule has 2 aromatic heterocycles. The molecule has 0 fully saturated rings. The van der Waals surface area contributed by atoms with E-state index in [4.69, 9.17) is 10.5 Å². The van der Waals surface area contributed by atoms with Crippen molar-refractivity contribution in [2.45, 2.75) is 20.1 Å². The van der Waals surface area contributed by atoms with E-state index in [9.17, 15) is 0 Å². The molecular weight excluding hydrogens is 252 g/mol. The van der Waals surface area contributed by atoms with Gasteiger partial charge in [0, 0.05) is 35.6 Å². The first-order chi connectivity index (χ1) is 9.78. The highest BCUT2D eigenvalue weighted by atomic mass is 16.5. The number of benzene rings is 1. The van der Waals surface area contributed by atoms with E-state index in [0.717, 1.165) is 28.8 Å². The Labute approximate surface area is 117 Å². The minimum atomic E-state index is 0.468. The Morgan fingerprint density at radius 2 is 2.20 bits per heavy atom. The van der Waals surface area contributed by atoms with Gasteiger partial charge in [-0.2, -0.15) is 5.10 Å². The Hall–Kier alpha value is -2.56. The van der Waals surface area contributed by atoms with E-state index in [1.807, 2.05) is 41.3 Å². The number of ether oxygens (including phenoxy) is 1. The van der Waals surface area contributed by atoms with Gasteiger partial charge in [0.25, 0.3) is 0 Å². The van der Waals surface area contributed by atoms with Crippen LogP contribution in [0.4, 0.5) is 5.69 Å². The number of hydrogen-bond donors (Lipinski definition) is 1. The summed E-state index contributed by atoms with van der Waals surface area (Å²) in [5, 5.41) is 5.14. The second kappa shape index (κ2) is 5.21. The maximum Gasteiger partial charge on any atom is 0.146 e. The first kappa shape index (κ1) is 12.5. The van der Waals surface area contributed by atoms with Gasteiger partial charge >= 0.3 is 0 Å². The van der Waals surface area contributed by atoms with Crippen LogP contribution in [0.5, 0.6) is 5.75 Å². The molecular formula is C15H16N4O. The molecule has 0 amide bonds. The van der Waals surface area contributed by atoms with Crippen LogP contribution in [-0.4, -0.2) is 14.8 Å². The second-order valence-corrected chi connectivity index (χ2v) is 4.55. The molecule has 0 bridgehead atoms. The van der Waals surface area contributed by atoms with E-state index in [0.29, 0.717) is 12.3 Å². The number of anilines is 1. The fourth-order valence-corrected chi connectivity index (χ4v) is 2.10. The maximum atomic E-state index is 5.94. The van der Waals surface area contributed by atoms with E-state index in [1.54, 1.807) is 6.20 Å². The van der Waals surface area contributed by atoms with Crippen LogP contribution in [0.2, 0.25) is 0 Å². The molecule has 5 heteroatoms. The molecule has 0 unspecified atom stereocenters. The number of hydrogen-bond acceptors (Lipinski definition) is 4. The van der Waals surface area contributed by atoms with Gasteiger partial charge in [-0.25, -0.2) is 0 Å². The topological polar surface area (TPSA) is 66.0 Å². The predicted molar refractivity (Wildman–Crippen MR) is 78.4 cm³/mol. The highest BCUT2D eigenvalue weighted by Gasteiger charge is 2.07. The predicted octanol–water partition coefficient (Wildman–Crippen LogP) is 2.61. The SMILES string of the molecule is CCn1cc(COc2ccc(N)c3cccnc23)cn1. The summed E-state index contributed by atoms with van der Waals surface area (Å²) in [6, 6.07) is 7.51. The lowest BCUT2D eigenvalue weighted by Gasteiger charge is -2.09. The van der Waals surface area contributed by atoms with Gasteiger partial charge < -0.3 is 10.5 Å². The first-order valence-corrected chi connectivity index (χ1v) is 6.55. The number of nitrogen functional groups attached to an aromatic ring is 1. The van der Waals surface area contributed by atoms with E-state index in [1.165, 1.54) is 0 Å².